The topological polar surface area (TPSA) is 88.1 Å². The average Bonchev–Trinajstić information content (AvgIpc) is 3.06. The van der Waals surface area contributed by atoms with Crippen LogP contribution in [0.5, 0.6) is 0 Å². The molecule has 0 radical (unpaired) electrons. The predicted octanol–water partition coefficient (Wildman–Crippen LogP) is 3.07. The second-order valence-corrected chi connectivity index (χ2v) is 6.65. The van der Waals surface area contributed by atoms with Gasteiger partial charge in [0, 0.05) is 25.1 Å². The summed E-state index contributed by atoms with van der Waals surface area (Å²) in [6.45, 7) is 7.00. The van der Waals surface area contributed by atoms with Gasteiger partial charge in [-0.15, -0.1) is 10.2 Å². The molecule has 0 spiro atoms. The van der Waals surface area contributed by atoms with Crippen LogP contribution in [0.1, 0.15) is 35.9 Å². The van der Waals surface area contributed by atoms with E-state index in [0.29, 0.717) is 30.4 Å². The Morgan fingerprint density at radius 3 is 2.81 bits per heavy atom. The van der Waals surface area contributed by atoms with Crippen LogP contribution >= 0.6 is 0 Å². The highest BCUT2D eigenvalue weighted by atomic mass is 16.5. The second-order valence-electron chi connectivity index (χ2n) is 6.65. The van der Waals surface area contributed by atoms with E-state index in [2.05, 4.69) is 32.2 Å². The normalized spacial score (nSPS) is 20.3. The van der Waals surface area contributed by atoms with Gasteiger partial charge in [-0.2, -0.15) is 5.26 Å². The zero-order chi connectivity index (χ0) is 18.3. The summed E-state index contributed by atoms with van der Waals surface area (Å²) in [6.07, 6.45) is 1.26. The fraction of sp³-hybridized carbons (Fsp3) is 0.368. The molecule has 132 valence electrons. The summed E-state index contributed by atoms with van der Waals surface area (Å²) in [5.74, 6) is 0.975. The Morgan fingerprint density at radius 2 is 2.08 bits per heavy atom. The Morgan fingerprint density at radius 1 is 1.23 bits per heavy atom. The number of morpholine rings is 1. The van der Waals surface area contributed by atoms with Gasteiger partial charge in [-0.25, -0.2) is 0 Å². The first kappa shape index (κ1) is 16.5. The molecule has 1 aliphatic rings. The molecule has 3 heterocycles. The standard InChI is InChI=1S/C19H19N5O2/c1-11-4-5-16-15(6-11)18(14(7-20)8-21-16)24-9-12(2)25-17(10-24)19-23-22-13(3)26-19/h4-6,8,12,17H,9-10H2,1-3H3/t12-,17-/m1/s1. The van der Waals surface area contributed by atoms with Gasteiger partial charge in [0.1, 0.15) is 6.07 Å². The van der Waals surface area contributed by atoms with Gasteiger partial charge in [0.05, 0.1) is 29.4 Å². The largest absolute Gasteiger partial charge is 0.423 e. The SMILES string of the molecule is Cc1ccc2ncc(C#N)c(N3C[C@@H](C)O[C@@H](c4nnc(C)o4)C3)c2c1. The van der Waals surface area contributed by atoms with Crippen molar-refractivity contribution in [1.82, 2.24) is 15.2 Å². The lowest BCUT2D eigenvalue weighted by Gasteiger charge is -2.37. The monoisotopic (exact) mass is 349 g/mol. The van der Waals surface area contributed by atoms with E-state index in [-0.39, 0.29) is 12.2 Å². The van der Waals surface area contributed by atoms with E-state index >= 15 is 0 Å². The maximum Gasteiger partial charge on any atom is 0.247 e. The lowest BCUT2D eigenvalue weighted by Crippen LogP contribution is -2.43. The maximum absolute atomic E-state index is 9.64. The Hall–Kier alpha value is -2.98. The fourth-order valence-electron chi connectivity index (χ4n) is 3.43. The Balaban J connectivity index is 1.80. The molecule has 1 aromatic carbocycles. The number of nitriles is 1. The molecule has 7 heteroatoms. The van der Waals surface area contributed by atoms with Crippen LogP contribution in [0.15, 0.2) is 28.8 Å². The van der Waals surface area contributed by atoms with Crippen molar-refractivity contribution in [2.45, 2.75) is 33.0 Å². The number of aryl methyl sites for hydroxylation is 2. The summed E-state index contributed by atoms with van der Waals surface area (Å²) in [7, 11) is 0. The molecule has 0 amide bonds. The zero-order valence-corrected chi connectivity index (χ0v) is 14.9. The first-order valence-corrected chi connectivity index (χ1v) is 8.55. The highest BCUT2D eigenvalue weighted by Crippen LogP contribution is 2.34. The number of hydrogen-bond donors (Lipinski definition) is 0. The van der Waals surface area contributed by atoms with Crippen molar-refractivity contribution in [3.8, 4) is 6.07 Å². The van der Waals surface area contributed by atoms with Crippen LogP contribution in [-0.2, 0) is 4.74 Å². The summed E-state index contributed by atoms with van der Waals surface area (Å²) in [6, 6.07) is 8.36. The number of fused-ring (bicyclic) bond motifs is 1. The number of benzene rings is 1. The molecule has 2 atom stereocenters. The van der Waals surface area contributed by atoms with Crippen LogP contribution in [-0.4, -0.2) is 34.4 Å². The number of anilines is 1. The Kier molecular flexibility index (Phi) is 4.05. The quantitative estimate of drug-likeness (QED) is 0.702. The van der Waals surface area contributed by atoms with Gasteiger partial charge in [0.2, 0.25) is 11.8 Å². The molecule has 1 aliphatic heterocycles. The van der Waals surface area contributed by atoms with Crippen molar-refractivity contribution in [2.75, 3.05) is 18.0 Å². The van der Waals surface area contributed by atoms with E-state index in [4.69, 9.17) is 9.15 Å². The molecule has 0 N–H and O–H groups in total. The lowest BCUT2D eigenvalue weighted by molar-refractivity contribution is -0.0311. The van der Waals surface area contributed by atoms with Crippen molar-refractivity contribution in [1.29, 1.82) is 5.26 Å². The number of hydrogen-bond acceptors (Lipinski definition) is 7. The Bertz CT molecular complexity index is 1010. The molecule has 0 aliphatic carbocycles. The molecule has 0 bridgehead atoms. The van der Waals surface area contributed by atoms with Crippen LogP contribution in [0.3, 0.4) is 0 Å². The molecule has 3 aromatic rings. The molecule has 1 fully saturated rings. The number of rotatable bonds is 2. The van der Waals surface area contributed by atoms with Crippen molar-refractivity contribution < 1.29 is 9.15 Å². The van der Waals surface area contributed by atoms with Crippen molar-refractivity contribution in [3.63, 3.8) is 0 Å². The lowest BCUT2D eigenvalue weighted by atomic mass is 10.0. The predicted molar refractivity (Wildman–Crippen MR) is 95.7 cm³/mol. The van der Waals surface area contributed by atoms with Crippen LogP contribution in [0.4, 0.5) is 5.69 Å². The van der Waals surface area contributed by atoms with E-state index in [9.17, 15) is 5.26 Å². The third kappa shape index (κ3) is 2.89. The minimum absolute atomic E-state index is 0.0412. The number of aromatic nitrogens is 3. The highest BCUT2D eigenvalue weighted by molar-refractivity contribution is 5.95. The van der Waals surface area contributed by atoms with Gasteiger partial charge in [-0.3, -0.25) is 4.98 Å². The summed E-state index contributed by atoms with van der Waals surface area (Å²) in [5, 5.41) is 18.6. The molecule has 0 unspecified atom stereocenters. The summed E-state index contributed by atoms with van der Waals surface area (Å²) in [5.41, 5.74) is 3.44. The molecule has 0 saturated carbocycles. The van der Waals surface area contributed by atoms with E-state index in [1.54, 1.807) is 13.1 Å². The van der Waals surface area contributed by atoms with E-state index in [1.807, 2.05) is 26.0 Å². The minimum atomic E-state index is -0.334. The summed E-state index contributed by atoms with van der Waals surface area (Å²) < 4.78 is 11.6. The molecular weight excluding hydrogens is 330 g/mol. The fourth-order valence-corrected chi connectivity index (χ4v) is 3.43. The van der Waals surface area contributed by atoms with Gasteiger partial charge < -0.3 is 14.1 Å². The highest BCUT2D eigenvalue weighted by Gasteiger charge is 2.32. The van der Waals surface area contributed by atoms with Crippen molar-refractivity contribution in [3.05, 3.63) is 47.3 Å². The average molecular weight is 349 g/mol. The zero-order valence-electron chi connectivity index (χ0n) is 14.9. The Labute approximate surface area is 151 Å². The van der Waals surface area contributed by atoms with Gasteiger partial charge in [-0.05, 0) is 26.0 Å². The first-order chi connectivity index (χ1) is 12.5. The summed E-state index contributed by atoms with van der Waals surface area (Å²) in [4.78, 5) is 6.59. The van der Waals surface area contributed by atoms with E-state index in [0.717, 1.165) is 22.2 Å². The van der Waals surface area contributed by atoms with Gasteiger partial charge >= 0.3 is 0 Å². The van der Waals surface area contributed by atoms with E-state index < -0.39 is 0 Å². The molecule has 7 nitrogen and oxygen atoms in total. The van der Waals surface area contributed by atoms with Crippen molar-refractivity contribution >= 4 is 16.6 Å². The molecule has 2 aromatic heterocycles. The van der Waals surface area contributed by atoms with Gasteiger partial charge in [-0.1, -0.05) is 11.6 Å². The molecule has 4 rings (SSSR count). The molecular formula is C19H19N5O2. The van der Waals surface area contributed by atoms with Gasteiger partial charge in [0.25, 0.3) is 0 Å². The van der Waals surface area contributed by atoms with Crippen LogP contribution in [0, 0.1) is 25.2 Å². The summed E-state index contributed by atoms with van der Waals surface area (Å²) >= 11 is 0. The van der Waals surface area contributed by atoms with Gasteiger partial charge in [0.15, 0.2) is 6.10 Å². The second kappa shape index (κ2) is 6.39. The van der Waals surface area contributed by atoms with Crippen LogP contribution in [0.2, 0.25) is 0 Å². The first-order valence-electron chi connectivity index (χ1n) is 8.55. The van der Waals surface area contributed by atoms with Crippen LogP contribution < -0.4 is 4.90 Å². The third-order valence-corrected chi connectivity index (χ3v) is 4.51. The number of pyridine rings is 1. The van der Waals surface area contributed by atoms with E-state index in [1.165, 1.54) is 0 Å². The maximum atomic E-state index is 9.64. The van der Waals surface area contributed by atoms with Crippen LogP contribution in [0.25, 0.3) is 10.9 Å². The number of nitrogens with zero attached hydrogens (tertiary/aromatic N) is 5. The molecule has 26 heavy (non-hydrogen) atoms. The van der Waals surface area contributed by atoms with Crippen molar-refractivity contribution in [2.24, 2.45) is 0 Å². The molecule has 1 saturated heterocycles. The third-order valence-electron chi connectivity index (χ3n) is 4.51. The smallest absolute Gasteiger partial charge is 0.247 e. The number of ether oxygens (including phenoxy) is 1. The minimum Gasteiger partial charge on any atom is -0.423 e.